The van der Waals surface area contributed by atoms with Crippen LogP contribution < -0.4 is 5.32 Å². The number of nitrogens with one attached hydrogen (secondary N) is 1. The maximum atomic E-state index is 13.6. The first kappa shape index (κ1) is 23.2. The van der Waals surface area contributed by atoms with Crippen molar-refractivity contribution in [1.82, 2.24) is 0 Å². The Morgan fingerprint density at radius 3 is 1.64 bits per heavy atom. The number of carbonyl (C=O) groups is 3. The fraction of sp³-hybridized carbons (Fsp3) is 0.0741. The summed E-state index contributed by atoms with van der Waals surface area (Å²) in [5.41, 5.74) is 2.04. The normalized spacial score (nSPS) is 11.8. The average Bonchev–Trinajstić information content (AvgIpc) is 2.87. The van der Waals surface area contributed by atoms with Gasteiger partial charge in [-0.1, -0.05) is 78.9 Å². The van der Waals surface area contributed by atoms with Gasteiger partial charge in [0.1, 0.15) is 0 Å². The van der Waals surface area contributed by atoms with E-state index in [4.69, 9.17) is 9.47 Å². The summed E-state index contributed by atoms with van der Waals surface area (Å²) in [6, 6.07) is 26.8. The minimum atomic E-state index is -0.778. The van der Waals surface area contributed by atoms with Crippen LogP contribution in [-0.4, -0.2) is 32.1 Å². The second-order valence-corrected chi connectivity index (χ2v) is 6.87. The summed E-state index contributed by atoms with van der Waals surface area (Å²) in [6.07, 6.45) is 1.03. The van der Waals surface area contributed by atoms with E-state index in [0.29, 0.717) is 16.8 Å². The lowest BCUT2D eigenvalue weighted by Crippen LogP contribution is -2.18. The van der Waals surface area contributed by atoms with Crippen molar-refractivity contribution in [3.05, 3.63) is 114 Å². The molecule has 0 unspecified atom stereocenters. The molecule has 0 heterocycles. The minimum Gasteiger partial charge on any atom is -0.466 e. The molecule has 6 heteroatoms. The van der Waals surface area contributed by atoms with Crippen LogP contribution in [0.25, 0.3) is 11.1 Å². The lowest BCUT2D eigenvalue weighted by molar-refractivity contribution is -0.138. The number of hydrogen-bond donors (Lipinski definition) is 1. The van der Waals surface area contributed by atoms with Gasteiger partial charge in [0, 0.05) is 17.3 Å². The summed E-state index contributed by atoms with van der Waals surface area (Å²) >= 11 is 0. The molecule has 0 aliphatic carbocycles. The van der Waals surface area contributed by atoms with E-state index < -0.39 is 17.8 Å². The van der Waals surface area contributed by atoms with Gasteiger partial charge >= 0.3 is 11.9 Å². The summed E-state index contributed by atoms with van der Waals surface area (Å²) < 4.78 is 9.72. The van der Waals surface area contributed by atoms with Crippen molar-refractivity contribution in [3.8, 4) is 0 Å². The number of para-hydroxylation sites is 1. The van der Waals surface area contributed by atoms with Crippen LogP contribution in [0.2, 0.25) is 0 Å². The Morgan fingerprint density at radius 1 is 0.667 bits per heavy atom. The third kappa shape index (κ3) is 5.83. The fourth-order valence-corrected chi connectivity index (χ4v) is 3.27. The standard InChI is InChI=1S/C27H23NO5/c1-32-23(29)18-22(27(31)33-2)24(19-12-6-3-7-13-19)25(20-14-8-4-9-15-20)26(30)28-21-16-10-5-11-17-21/h3-18H,1-2H3,(H,28,30)/b22-18+,25-24-. The molecule has 0 fully saturated rings. The van der Waals surface area contributed by atoms with Crippen molar-refractivity contribution >= 4 is 34.7 Å². The Bertz CT molecular complexity index is 1180. The van der Waals surface area contributed by atoms with E-state index in [-0.39, 0.29) is 16.7 Å². The molecule has 1 amide bonds. The van der Waals surface area contributed by atoms with E-state index in [9.17, 15) is 14.4 Å². The third-order valence-corrected chi connectivity index (χ3v) is 4.77. The molecule has 3 aromatic rings. The molecular formula is C27H23NO5. The van der Waals surface area contributed by atoms with Crippen molar-refractivity contribution in [2.75, 3.05) is 19.5 Å². The van der Waals surface area contributed by atoms with E-state index in [1.807, 2.05) is 18.2 Å². The Hall–Kier alpha value is -4.45. The molecule has 0 aliphatic rings. The van der Waals surface area contributed by atoms with Crippen LogP contribution in [0.1, 0.15) is 11.1 Å². The first-order valence-electron chi connectivity index (χ1n) is 10.1. The lowest BCUT2D eigenvalue weighted by Gasteiger charge is -2.18. The Kier molecular flexibility index (Phi) is 7.91. The number of amides is 1. The van der Waals surface area contributed by atoms with Crippen LogP contribution in [0.15, 0.2) is 103 Å². The second-order valence-electron chi connectivity index (χ2n) is 6.87. The number of methoxy groups -OCH3 is 2. The van der Waals surface area contributed by atoms with Gasteiger partial charge in [0.2, 0.25) is 0 Å². The first-order valence-corrected chi connectivity index (χ1v) is 10.1. The maximum Gasteiger partial charge on any atom is 0.338 e. The van der Waals surface area contributed by atoms with E-state index in [1.54, 1.807) is 72.8 Å². The zero-order valence-corrected chi connectivity index (χ0v) is 18.3. The van der Waals surface area contributed by atoms with Crippen molar-refractivity contribution in [1.29, 1.82) is 0 Å². The van der Waals surface area contributed by atoms with Gasteiger partial charge in [-0.2, -0.15) is 0 Å². The smallest absolute Gasteiger partial charge is 0.338 e. The quantitative estimate of drug-likeness (QED) is 0.253. The highest BCUT2D eigenvalue weighted by molar-refractivity contribution is 6.35. The van der Waals surface area contributed by atoms with Crippen molar-refractivity contribution in [3.63, 3.8) is 0 Å². The first-order chi connectivity index (χ1) is 16.0. The van der Waals surface area contributed by atoms with Gasteiger partial charge in [-0.15, -0.1) is 0 Å². The van der Waals surface area contributed by atoms with Crippen molar-refractivity contribution in [2.24, 2.45) is 0 Å². The Balaban J connectivity index is 2.35. The predicted octanol–water partition coefficient (Wildman–Crippen LogP) is 4.51. The highest BCUT2D eigenvalue weighted by Crippen LogP contribution is 2.34. The highest BCUT2D eigenvalue weighted by atomic mass is 16.5. The molecule has 0 atom stereocenters. The topological polar surface area (TPSA) is 81.7 Å². The molecule has 0 radical (unpaired) electrons. The summed E-state index contributed by atoms with van der Waals surface area (Å²) in [5.74, 6) is -1.98. The second kappa shape index (κ2) is 11.2. The molecule has 0 saturated heterocycles. The molecule has 33 heavy (non-hydrogen) atoms. The lowest BCUT2D eigenvalue weighted by atomic mass is 9.88. The fourth-order valence-electron chi connectivity index (χ4n) is 3.27. The van der Waals surface area contributed by atoms with Crippen molar-refractivity contribution in [2.45, 2.75) is 0 Å². The molecule has 6 nitrogen and oxygen atoms in total. The molecule has 0 spiro atoms. The summed E-state index contributed by atoms with van der Waals surface area (Å²) in [5, 5.41) is 2.88. The van der Waals surface area contributed by atoms with Gasteiger partial charge in [0.05, 0.1) is 25.4 Å². The van der Waals surface area contributed by atoms with Crippen LogP contribution in [-0.2, 0) is 23.9 Å². The summed E-state index contributed by atoms with van der Waals surface area (Å²) in [7, 11) is 2.42. The number of esters is 2. The van der Waals surface area contributed by atoms with E-state index in [2.05, 4.69) is 5.32 Å². The summed E-state index contributed by atoms with van der Waals surface area (Å²) in [4.78, 5) is 38.6. The van der Waals surface area contributed by atoms with Gasteiger partial charge in [-0.25, -0.2) is 9.59 Å². The molecule has 166 valence electrons. The highest BCUT2D eigenvalue weighted by Gasteiger charge is 2.27. The van der Waals surface area contributed by atoms with Gasteiger partial charge in [0.25, 0.3) is 5.91 Å². The minimum absolute atomic E-state index is 0.0994. The van der Waals surface area contributed by atoms with Gasteiger partial charge in [-0.05, 0) is 23.3 Å². The van der Waals surface area contributed by atoms with Crippen molar-refractivity contribution < 1.29 is 23.9 Å². The maximum absolute atomic E-state index is 13.6. The zero-order valence-electron chi connectivity index (χ0n) is 18.3. The van der Waals surface area contributed by atoms with Gasteiger partial charge in [-0.3, -0.25) is 4.79 Å². The Labute approximate surface area is 192 Å². The average molecular weight is 441 g/mol. The summed E-state index contributed by atoms with van der Waals surface area (Å²) in [6.45, 7) is 0. The largest absolute Gasteiger partial charge is 0.466 e. The van der Waals surface area contributed by atoms with Gasteiger partial charge < -0.3 is 14.8 Å². The third-order valence-electron chi connectivity index (χ3n) is 4.77. The number of ether oxygens (including phenoxy) is 2. The number of benzene rings is 3. The van der Waals surface area contributed by atoms with Crippen LogP contribution in [0, 0.1) is 0 Å². The zero-order chi connectivity index (χ0) is 23.6. The molecule has 1 N–H and O–H groups in total. The van der Waals surface area contributed by atoms with Crippen LogP contribution >= 0.6 is 0 Å². The SMILES string of the molecule is COC(=O)/C=C(C(=O)OC)\C(=C(/C(=O)Nc1ccccc1)c1ccccc1)c1ccccc1. The van der Waals surface area contributed by atoms with E-state index in [0.717, 1.165) is 6.08 Å². The molecule has 3 rings (SSSR count). The molecule has 0 saturated carbocycles. The van der Waals surface area contributed by atoms with E-state index >= 15 is 0 Å². The molecule has 0 aromatic heterocycles. The number of rotatable bonds is 7. The molecular weight excluding hydrogens is 418 g/mol. The molecule has 3 aromatic carbocycles. The molecule has 0 bridgehead atoms. The Morgan fingerprint density at radius 2 is 1.15 bits per heavy atom. The van der Waals surface area contributed by atoms with Crippen LogP contribution in [0.5, 0.6) is 0 Å². The number of hydrogen-bond acceptors (Lipinski definition) is 5. The monoisotopic (exact) mass is 441 g/mol. The van der Waals surface area contributed by atoms with Crippen LogP contribution in [0.3, 0.4) is 0 Å². The predicted molar refractivity (Wildman–Crippen MR) is 127 cm³/mol. The number of carbonyl (C=O) groups excluding carboxylic acids is 3. The van der Waals surface area contributed by atoms with E-state index in [1.165, 1.54) is 14.2 Å². The molecule has 0 aliphatic heterocycles. The number of anilines is 1. The van der Waals surface area contributed by atoms with Gasteiger partial charge in [0.15, 0.2) is 0 Å². The van der Waals surface area contributed by atoms with Crippen LogP contribution in [0.4, 0.5) is 5.69 Å².